The van der Waals surface area contributed by atoms with Gasteiger partial charge in [0.25, 0.3) is 0 Å². The lowest BCUT2D eigenvalue weighted by Crippen LogP contribution is -2.21. The van der Waals surface area contributed by atoms with E-state index in [0.29, 0.717) is 6.42 Å². The van der Waals surface area contributed by atoms with Gasteiger partial charge in [-0.1, -0.05) is 43.2 Å². The van der Waals surface area contributed by atoms with Crippen molar-refractivity contribution in [2.24, 2.45) is 11.5 Å². The lowest BCUT2D eigenvalue weighted by Gasteiger charge is -2.13. The molecule has 0 aromatic heterocycles. The molecule has 0 aliphatic rings. The molecule has 0 bridgehead atoms. The summed E-state index contributed by atoms with van der Waals surface area (Å²) in [6, 6.07) is 9.54. The molecule has 1 atom stereocenters. The number of carbonyl (C=O) groups excluding carboxylic acids is 2. The van der Waals surface area contributed by atoms with Crippen LogP contribution in [0, 0.1) is 0 Å². The van der Waals surface area contributed by atoms with E-state index < -0.39 is 0 Å². The normalized spacial score (nSPS) is 12.0. The van der Waals surface area contributed by atoms with Crippen LogP contribution < -0.4 is 11.5 Å². The van der Waals surface area contributed by atoms with Gasteiger partial charge in [-0.2, -0.15) is 0 Å². The molecule has 18 heavy (non-hydrogen) atoms. The van der Waals surface area contributed by atoms with Gasteiger partial charge in [0.2, 0.25) is 11.8 Å². The molecule has 0 saturated heterocycles. The van der Waals surface area contributed by atoms with E-state index in [4.69, 9.17) is 11.5 Å². The van der Waals surface area contributed by atoms with Crippen molar-refractivity contribution in [2.75, 3.05) is 0 Å². The lowest BCUT2D eigenvalue weighted by atomic mass is 9.92. The van der Waals surface area contributed by atoms with Crippen LogP contribution in [0.3, 0.4) is 0 Å². The maximum absolute atomic E-state index is 11.4. The Morgan fingerprint density at radius 2 is 1.67 bits per heavy atom. The topological polar surface area (TPSA) is 86.2 Å². The summed E-state index contributed by atoms with van der Waals surface area (Å²) in [7, 11) is 0. The van der Waals surface area contributed by atoms with Crippen LogP contribution in [0.4, 0.5) is 0 Å². The number of benzene rings is 1. The fourth-order valence-electron chi connectivity index (χ4n) is 1.98. The number of primary amides is 2. The van der Waals surface area contributed by atoms with Gasteiger partial charge >= 0.3 is 0 Å². The molecule has 98 valence electrons. The molecule has 1 aromatic carbocycles. The van der Waals surface area contributed by atoms with Gasteiger partial charge in [-0.05, 0) is 18.4 Å². The van der Waals surface area contributed by atoms with Crippen molar-refractivity contribution in [3.8, 4) is 0 Å². The number of carbonyl (C=O) groups is 2. The predicted molar refractivity (Wildman–Crippen MR) is 70.7 cm³/mol. The fourth-order valence-corrected chi connectivity index (χ4v) is 1.98. The molecule has 1 unspecified atom stereocenters. The van der Waals surface area contributed by atoms with Gasteiger partial charge < -0.3 is 11.5 Å². The summed E-state index contributed by atoms with van der Waals surface area (Å²) in [5.41, 5.74) is 11.4. The summed E-state index contributed by atoms with van der Waals surface area (Å²) < 4.78 is 0. The Balaban J connectivity index is 2.41. The van der Waals surface area contributed by atoms with Crippen molar-refractivity contribution < 1.29 is 9.59 Å². The minimum atomic E-state index is -0.295. The summed E-state index contributed by atoms with van der Waals surface area (Å²) in [4.78, 5) is 22.0. The highest BCUT2D eigenvalue weighted by molar-refractivity contribution is 5.81. The number of unbranched alkanes of at least 4 members (excludes halogenated alkanes) is 2. The third-order valence-corrected chi connectivity index (χ3v) is 2.96. The van der Waals surface area contributed by atoms with Gasteiger partial charge in [-0.3, -0.25) is 9.59 Å². The van der Waals surface area contributed by atoms with E-state index in [-0.39, 0.29) is 17.7 Å². The first-order valence-electron chi connectivity index (χ1n) is 6.24. The minimum Gasteiger partial charge on any atom is -0.370 e. The SMILES string of the molecule is NC(=O)CCCCCC(C(N)=O)c1ccccc1. The first-order valence-corrected chi connectivity index (χ1v) is 6.24. The van der Waals surface area contributed by atoms with Gasteiger partial charge in [-0.15, -0.1) is 0 Å². The van der Waals surface area contributed by atoms with Crippen LogP contribution in [0.1, 0.15) is 43.6 Å². The Kier molecular flexibility index (Phi) is 5.91. The summed E-state index contributed by atoms with van der Waals surface area (Å²) in [5, 5.41) is 0. The van der Waals surface area contributed by atoms with E-state index in [1.54, 1.807) is 0 Å². The molecule has 0 aliphatic heterocycles. The molecule has 0 saturated carbocycles. The Labute approximate surface area is 107 Å². The highest BCUT2D eigenvalue weighted by Gasteiger charge is 2.16. The number of hydrogen-bond acceptors (Lipinski definition) is 2. The van der Waals surface area contributed by atoms with Crippen LogP contribution >= 0.6 is 0 Å². The van der Waals surface area contributed by atoms with Gasteiger partial charge in [0.05, 0.1) is 5.92 Å². The number of hydrogen-bond donors (Lipinski definition) is 2. The number of rotatable bonds is 8. The maximum Gasteiger partial charge on any atom is 0.224 e. The van der Waals surface area contributed by atoms with Crippen molar-refractivity contribution >= 4 is 11.8 Å². The molecule has 0 fully saturated rings. The molecule has 1 rings (SSSR count). The molecule has 0 heterocycles. The average molecular weight is 248 g/mol. The molecule has 0 aliphatic carbocycles. The van der Waals surface area contributed by atoms with Crippen molar-refractivity contribution in [1.82, 2.24) is 0 Å². The molecule has 1 aromatic rings. The zero-order valence-electron chi connectivity index (χ0n) is 10.5. The smallest absolute Gasteiger partial charge is 0.224 e. The standard InChI is InChI=1S/C14H20N2O2/c15-13(17)10-6-2-5-9-12(14(16)18)11-7-3-1-4-8-11/h1,3-4,7-8,12H,2,5-6,9-10H2,(H2,15,17)(H2,16,18). The van der Waals surface area contributed by atoms with Crippen molar-refractivity contribution in [2.45, 2.75) is 38.0 Å². The van der Waals surface area contributed by atoms with Crippen molar-refractivity contribution in [3.63, 3.8) is 0 Å². The van der Waals surface area contributed by atoms with Crippen molar-refractivity contribution in [3.05, 3.63) is 35.9 Å². The first-order chi connectivity index (χ1) is 8.61. The highest BCUT2D eigenvalue weighted by atomic mass is 16.1. The van der Waals surface area contributed by atoms with Crippen LogP contribution in [0.2, 0.25) is 0 Å². The number of nitrogens with two attached hydrogens (primary N) is 2. The van der Waals surface area contributed by atoms with Gasteiger partial charge in [0.15, 0.2) is 0 Å². The summed E-state index contributed by atoms with van der Waals surface area (Å²) in [6.45, 7) is 0. The van der Waals surface area contributed by atoms with Crippen LogP contribution in [0.25, 0.3) is 0 Å². The van der Waals surface area contributed by atoms with Gasteiger partial charge in [0.1, 0.15) is 0 Å². The van der Waals surface area contributed by atoms with E-state index in [0.717, 1.165) is 31.2 Å². The molecule has 2 amide bonds. The van der Waals surface area contributed by atoms with Crippen LogP contribution in [0.5, 0.6) is 0 Å². The summed E-state index contributed by atoms with van der Waals surface area (Å²) >= 11 is 0. The first kappa shape index (κ1) is 14.2. The molecular formula is C14H20N2O2. The van der Waals surface area contributed by atoms with E-state index in [1.807, 2.05) is 30.3 Å². The molecule has 4 nitrogen and oxygen atoms in total. The molecular weight excluding hydrogens is 228 g/mol. The minimum absolute atomic E-state index is 0.236. The van der Waals surface area contributed by atoms with E-state index in [1.165, 1.54) is 0 Å². The second kappa shape index (κ2) is 7.48. The van der Waals surface area contributed by atoms with Gasteiger partial charge in [0, 0.05) is 6.42 Å². The quantitative estimate of drug-likeness (QED) is 0.686. The molecule has 0 radical (unpaired) electrons. The zero-order valence-corrected chi connectivity index (χ0v) is 10.5. The predicted octanol–water partition coefficient (Wildman–Crippen LogP) is 1.69. The monoisotopic (exact) mass is 248 g/mol. The van der Waals surface area contributed by atoms with Crippen LogP contribution in [-0.2, 0) is 9.59 Å². The second-order valence-electron chi connectivity index (χ2n) is 4.43. The Bertz CT molecular complexity index is 390. The molecule has 4 heteroatoms. The third-order valence-electron chi connectivity index (χ3n) is 2.96. The molecule has 4 N–H and O–H groups in total. The summed E-state index contributed by atoms with van der Waals surface area (Å²) in [6.07, 6.45) is 3.66. The largest absolute Gasteiger partial charge is 0.370 e. The van der Waals surface area contributed by atoms with Crippen LogP contribution in [-0.4, -0.2) is 11.8 Å². The third kappa shape index (κ3) is 4.99. The lowest BCUT2D eigenvalue weighted by molar-refractivity contribution is -0.120. The second-order valence-corrected chi connectivity index (χ2v) is 4.43. The van der Waals surface area contributed by atoms with Crippen LogP contribution in [0.15, 0.2) is 30.3 Å². The Morgan fingerprint density at radius 1 is 1.00 bits per heavy atom. The van der Waals surface area contributed by atoms with E-state index in [2.05, 4.69) is 0 Å². The van der Waals surface area contributed by atoms with E-state index in [9.17, 15) is 9.59 Å². The summed E-state index contributed by atoms with van der Waals surface area (Å²) in [5.74, 6) is -0.805. The number of amides is 2. The Morgan fingerprint density at radius 3 is 2.22 bits per heavy atom. The zero-order chi connectivity index (χ0) is 13.4. The maximum atomic E-state index is 11.4. The van der Waals surface area contributed by atoms with Gasteiger partial charge in [-0.25, -0.2) is 0 Å². The van der Waals surface area contributed by atoms with Crippen molar-refractivity contribution in [1.29, 1.82) is 0 Å². The average Bonchev–Trinajstić information content (AvgIpc) is 2.34. The van der Waals surface area contributed by atoms with E-state index >= 15 is 0 Å². The highest BCUT2D eigenvalue weighted by Crippen LogP contribution is 2.22. The fraction of sp³-hybridized carbons (Fsp3) is 0.429. The molecule has 0 spiro atoms. The Hall–Kier alpha value is -1.84.